The van der Waals surface area contributed by atoms with Gasteiger partial charge >= 0.3 is 0 Å². The molecular weight excluding hydrogens is 276 g/mol. The molecular formula is C15H19ClN2O2. The molecule has 108 valence electrons. The summed E-state index contributed by atoms with van der Waals surface area (Å²) < 4.78 is 0. The third-order valence-corrected chi connectivity index (χ3v) is 4.14. The quantitative estimate of drug-likeness (QED) is 0.840. The first-order valence-corrected chi connectivity index (χ1v) is 7.15. The van der Waals surface area contributed by atoms with Gasteiger partial charge in [0.05, 0.1) is 0 Å². The Morgan fingerprint density at radius 3 is 2.25 bits per heavy atom. The van der Waals surface area contributed by atoms with Crippen LogP contribution in [0.25, 0.3) is 0 Å². The molecule has 0 bridgehead atoms. The second kappa shape index (κ2) is 6.27. The van der Waals surface area contributed by atoms with Crippen LogP contribution in [0, 0.1) is 0 Å². The molecule has 0 radical (unpaired) electrons. The predicted molar refractivity (Wildman–Crippen MR) is 78.8 cm³/mol. The van der Waals surface area contributed by atoms with E-state index in [2.05, 4.69) is 0 Å². The predicted octanol–water partition coefficient (Wildman–Crippen LogP) is 2.42. The number of hydrogen-bond acceptors (Lipinski definition) is 2. The Bertz CT molecular complexity index is 493. The Labute approximate surface area is 124 Å². The highest BCUT2D eigenvalue weighted by Gasteiger charge is 2.26. The molecule has 1 heterocycles. The summed E-state index contributed by atoms with van der Waals surface area (Å²) in [7, 11) is 1.82. The average Bonchev–Trinajstić information content (AvgIpc) is 2.46. The van der Waals surface area contributed by atoms with Crippen molar-refractivity contribution in [2.24, 2.45) is 0 Å². The molecule has 2 rings (SSSR count). The zero-order chi connectivity index (χ0) is 14.7. The summed E-state index contributed by atoms with van der Waals surface area (Å²) in [6, 6.07) is 7.19. The standard InChI is InChI=1S/C15H19ClN2O2/c1-11(19)17(2)14-7-9-18(10-8-14)15(20)12-3-5-13(16)6-4-12/h3-6,14H,7-10H2,1-2H3. The number of carbonyl (C=O) groups is 2. The Morgan fingerprint density at radius 2 is 1.75 bits per heavy atom. The normalized spacial score (nSPS) is 16.1. The largest absolute Gasteiger partial charge is 0.343 e. The van der Waals surface area contributed by atoms with Crippen LogP contribution in [-0.4, -0.2) is 47.8 Å². The fourth-order valence-corrected chi connectivity index (χ4v) is 2.61. The number of piperidine rings is 1. The minimum absolute atomic E-state index is 0.0330. The number of halogens is 1. The first kappa shape index (κ1) is 14.9. The van der Waals surface area contributed by atoms with Gasteiger partial charge in [0.15, 0.2) is 0 Å². The van der Waals surface area contributed by atoms with Gasteiger partial charge in [0.2, 0.25) is 5.91 Å². The molecule has 0 aromatic heterocycles. The lowest BCUT2D eigenvalue weighted by Crippen LogP contribution is -2.46. The van der Waals surface area contributed by atoms with E-state index in [1.54, 1.807) is 36.1 Å². The summed E-state index contributed by atoms with van der Waals surface area (Å²) in [5.74, 6) is 0.109. The van der Waals surface area contributed by atoms with E-state index in [9.17, 15) is 9.59 Å². The van der Waals surface area contributed by atoms with E-state index in [1.807, 2.05) is 11.9 Å². The van der Waals surface area contributed by atoms with Gasteiger partial charge in [0.1, 0.15) is 0 Å². The summed E-state index contributed by atoms with van der Waals surface area (Å²) in [4.78, 5) is 27.3. The Morgan fingerprint density at radius 1 is 1.20 bits per heavy atom. The number of nitrogens with zero attached hydrogens (tertiary/aromatic N) is 2. The van der Waals surface area contributed by atoms with Crippen LogP contribution in [0.1, 0.15) is 30.1 Å². The van der Waals surface area contributed by atoms with Crippen LogP contribution in [-0.2, 0) is 4.79 Å². The van der Waals surface area contributed by atoms with Crippen molar-refractivity contribution in [3.8, 4) is 0 Å². The fraction of sp³-hybridized carbons (Fsp3) is 0.467. The van der Waals surface area contributed by atoms with Crippen LogP contribution in [0.15, 0.2) is 24.3 Å². The number of amides is 2. The third-order valence-electron chi connectivity index (χ3n) is 3.89. The molecule has 5 heteroatoms. The minimum Gasteiger partial charge on any atom is -0.343 e. The van der Waals surface area contributed by atoms with E-state index < -0.39 is 0 Å². The Balaban J connectivity index is 1.95. The summed E-state index contributed by atoms with van der Waals surface area (Å²) in [5.41, 5.74) is 0.660. The zero-order valence-corrected chi connectivity index (χ0v) is 12.6. The lowest BCUT2D eigenvalue weighted by Gasteiger charge is -2.36. The van der Waals surface area contributed by atoms with Gasteiger partial charge < -0.3 is 9.80 Å². The van der Waals surface area contributed by atoms with Crippen molar-refractivity contribution >= 4 is 23.4 Å². The van der Waals surface area contributed by atoms with E-state index in [-0.39, 0.29) is 17.9 Å². The van der Waals surface area contributed by atoms with E-state index in [1.165, 1.54) is 0 Å². The van der Waals surface area contributed by atoms with Gasteiger partial charge in [-0.1, -0.05) is 11.6 Å². The highest BCUT2D eigenvalue weighted by Crippen LogP contribution is 2.18. The van der Waals surface area contributed by atoms with Crippen molar-refractivity contribution in [3.05, 3.63) is 34.9 Å². The highest BCUT2D eigenvalue weighted by molar-refractivity contribution is 6.30. The molecule has 1 saturated heterocycles. The van der Waals surface area contributed by atoms with Gasteiger partial charge in [-0.3, -0.25) is 9.59 Å². The summed E-state index contributed by atoms with van der Waals surface area (Å²) >= 11 is 5.82. The lowest BCUT2D eigenvalue weighted by atomic mass is 10.0. The fourth-order valence-electron chi connectivity index (χ4n) is 2.49. The third kappa shape index (κ3) is 3.31. The van der Waals surface area contributed by atoms with Crippen LogP contribution in [0.2, 0.25) is 5.02 Å². The molecule has 1 aliphatic heterocycles. The molecule has 1 aromatic carbocycles. The maximum absolute atomic E-state index is 12.3. The smallest absolute Gasteiger partial charge is 0.253 e. The van der Waals surface area contributed by atoms with Crippen LogP contribution < -0.4 is 0 Å². The summed E-state index contributed by atoms with van der Waals surface area (Å²) in [6.07, 6.45) is 1.66. The van der Waals surface area contributed by atoms with Crippen molar-refractivity contribution in [2.75, 3.05) is 20.1 Å². The van der Waals surface area contributed by atoms with E-state index in [0.717, 1.165) is 12.8 Å². The topological polar surface area (TPSA) is 40.6 Å². The van der Waals surface area contributed by atoms with Crippen LogP contribution in [0.4, 0.5) is 0 Å². The van der Waals surface area contributed by atoms with Gasteiger partial charge in [-0.2, -0.15) is 0 Å². The zero-order valence-electron chi connectivity index (χ0n) is 11.8. The van der Waals surface area contributed by atoms with Gasteiger partial charge in [0.25, 0.3) is 5.91 Å². The minimum atomic E-state index is 0.0330. The maximum atomic E-state index is 12.3. The lowest BCUT2D eigenvalue weighted by molar-refractivity contribution is -0.130. The second-order valence-corrected chi connectivity index (χ2v) is 5.60. The van der Waals surface area contributed by atoms with Gasteiger partial charge in [-0.05, 0) is 37.1 Å². The van der Waals surface area contributed by atoms with Crippen molar-refractivity contribution < 1.29 is 9.59 Å². The van der Waals surface area contributed by atoms with Crippen LogP contribution in [0.3, 0.4) is 0 Å². The number of rotatable bonds is 2. The number of hydrogen-bond donors (Lipinski definition) is 0. The molecule has 1 fully saturated rings. The number of benzene rings is 1. The molecule has 0 unspecified atom stereocenters. The molecule has 0 aliphatic carbocycles. The molecule has 0 saturated carbocycles. The SMILES string of the molecule is CC(=O)N(C)C1CCN(C(=O)c2ccc(Cl)cc2)CC1. The van der Waals surface area contributed by atoms with Gasteiger partial charge in [-0.25, -0.2) is 0 Å². The van der Waals surface area contributed by atoms with Crippen molar-refractivity contribution in [1.29, 1.82) is 0 Å². The van der Waals surface area contributed by atoms with E-state index >= 15 is 0 Å². The summed E-state index contributed by atoms with van der Waals surface area (Å²) in [6.45, 7) is 2.94. The molecule has 1 aromatic rings. The van der Waals surface area contributed by atoms with Crippen molar-refractivity contribution in [1.82, 2.24) is 9.80 Å². The maximum Gasteiger partial charge on any atom is 0.253 e. The second-order valence-electron chi connectivity index (χ2n) is 5.16. The number of carbonyl (C=O) groups excluding carboxylic acids is 2. The monoisotopic (exact) mass is 294 g/mol. The van der Waals surface area contributed by atoms with Gasteiger partial charge in [0, 0.05) is 43.7 Å². The first-order valence-electron chi connectivity index (χ1n) is 6.77. The van der Waals surface area contributed by atoms with Gasteiger partial charge in [-0.15, -0.1) is 0 Å². The average molecular weight is 295 g/mol. The van der Waals surface area contributed by atoms with Crippen molar-refractivity contribution in [2.45, 2.75) is 25.8 Å². The van der Waals surface area contributed by atoms with E-state index in [0.29, 0.717) is 23.7 Å². The van der Waals surface area contributed by atoms with Crippen LogP contribution in [0.5, 0.6) is 0 Å². The number of likely N-dealkylation sites (tertiary alicyclic amines) is 1. The highest BCUT2D eigenvalue weighted by atomic mass is 35.5. The van der Waals surface area contributed by atoms with Crippen LogP contribution >= 0.6 is 11.6 Å². The first-order chi connectivity index (χ1) is 9.49. The van der Waals surface area contributed by atoms with Crippen molar-refractivity contribution in [3.63, 3.8) is 0 Å². The molecule has 0 N–H and O–H groups in total. The molecule has 2 amide bonds. The Hall–Kier alpha value is -1.55. The van der Waals surface area contributed by atoms with E-state index in [4.69, 9.17) is 11.6 Å². The molecule has 4 nitrogen and oxygen atoms in total. The summed E-state index contributed by atoms with van der Waals surface area (Å²) in [5, 5.41) is 0.628. The molecule has 0 atom stereocenters. The molecule has 0 spiro atoms. The Kier molecular flexibility index (Phi) is 4.65. The molecule has 1 aliphatic rings. The molecule has 20 heavy (non-hydrogen) atoms.